The normalized spacial score (nSPS) is 17.0. The lowest BCUT2D eigenvalue weighted by atomic mass is 10.0. The van der Waals surface area contributed by atoms with E-state index in [9.17, 15) is 9.59 Å². The number of hydrogen-bond acceptors (Lipinski definition) is 5. The van der Waals surface area contributed by atoms with Gasteiger partial charge < -0.3 is 15.1 Å². The number of fused-ring (bicyclic) bond motifs is 1. The minimum atomic E-state index is -0.618. The highest BCUT2D eigenvalue weighted by Crippen LogP contribution is 2.37. The molecule has 1 aliphatic rings. The molecule has 2 atom stereocenters. The zero-order valence-corrected chi connectivity index (χ0v) is 17.3. The number of halogens is 1. The van der Waals surface area contributed by atoms with Crippen molar-refractivity contribution in [2.45, 2.75) is 29.8 Å². The monoisotopic (exact) mass is 424 g/mol. The van der Waals surface area contributed by atoms with E-state index in [0.717, 1.165) is 28.4 Å². The summed E-state index contributed by atoms with van der Waals surface area (Å²) in [6, 6.07) is 8.26. The van der Waals surface area contributed by atoms with Crippen molar-refractivity contribution in [3.8, 4) is 0 Å². The van der Waals surface area contributed by atoms with Gasteiger partial charge in [0.05, 0.1) is 12.3 Å². The zero-order valence-electron chi connectivity index (χ0n) is 14.9. The van der Waals surface area contributed by atoms with Crippen LogP contribution in [0.4, 0.5) is 0 Å². The Balaban J connectivity index is 1.71. The standard InChI is InChI=1S/C19H21ClN2O3S2/c1-26-9-6-15(22-19(24)16-3-2-8-25-16)18(23)21-14-7-10-27-17-5-4-12(20)11-13(14)17/h2-5,8,11,14-15H,6-7,9-10H2,1H3,(H,21,23)(H,22,24). The minimum Gasteiger partial charge on any atom is -0.459 e. The summed E-state index contributed by atoms with van der Waals surface area (Å²) in [5.41, 5.74) is 1.04. The number of hydrogen-bond donors (Lipinski definition) is 2. The highest BCUT2D eigenvalue weighted by atomic mass is 35.5. The van der Waals surface area contributed by atoms with Crippen molar-refractivity contribution >= 4 is 46.9 Å². The molecule has 0 spiro atoms. The van der Waals surface area contributed by atoms with Crippen LogP contribution in [-0.2, 0) is 4.79 Å². The van der Waals surface area contributed by atoms with E-state index >= 15 is 0 Å². The largest absolute Gasteiger partial charge is 0.459 e. The Kier molecular flexibility index (Phi) is 7.15. The third kappa shape index (κ3) is 5.24. The minimum absolute atomic E-state index is 0.107. The molecule has 1 aromatic heterocycles. The molecule has 0 saturated heterocycles. The highest BCUT2D eigenvalue weighted by Gasteiger charge is 2.27. The van der Waals surface area contributed by atoms with Crippen LogP contribution in [0.5, 0.6) is 0 Å². The van der Waals surface area contributed by atoms with Gasteiger partial charge in [0.15, 0.2) is 5.76 Å². The molecule has 27 heavy (non-hydrogen) atoms. The van der Waals surface area contributed by atoms with Gasteiger partial charge in [-0.15, -0.1) is 11.8 Å². The molecule has 0 aliphatic carbocycles. The number of nitrogens with one attached hydrogen (secondary N) is 2. The second kappa shape index (κ2) is 9.57. The van der Waals surface area contributed by atoms with Crippen LogP contribution in [0.25, 0.3) is 0 Å². The van der Waals surface area contributed by atoms with E-state index in [2.05, 4.69) is 10.6 Å². The van der Waals surface area contributed by atoms with Crippen molar-refractivity contribution in [1.82, 2.24) is 10.6 Å². The second-order valence-electron chi connectivity index (χ2n) is 6.17. The van der Waals surface area contributed by atoms with Gasteiger partial charge in [-0.05, 0) is 60.7 Å². The number of amides is 2. The van der Waals surface area contributed by atoms with Crippen LogP contribution in [-0.4, -0.2) is 35.6 Å². The molecule has 0 fully saturated rings. The van der Waals surface area contributed by atoms with Crippen molar-refractivity contribution in [3.05, 3.63) is 52.9 Å². The van der Waals surface area contributed by atoms with Gasteiger partial charge in [-0.25, -0.2) is 0 Å². The van der Waals surface area contributed by atoms with Gasteiger partial charge in [0.1, 0.15) is 6.04 Å². The zero-order chi connectivity index (χ0) is 19.2. The van der Waals surface area contributed by atoms with Crippen LogP contribution in [0.3, 0.4) is 0 Å². The molecule has 0 saturated carbocycles. The van der Waals surface area contributed by atoms with Crippen LogP contribution in [0.2, 0.25) is 5.02 Å². The summed E-state index contributed by atoms with van der Waals surface area (Å²) in [7, 11) is 0. The molecule has 0 bridgehead atoms. The topological polar surface area (TPSA) is 71.3 Å². The molecule has 1 aromatic carbocycles. The summed E-state index contributed by atoms with van der Waals surface area (Å²) in [5, 5.41) is 6.54. The Morgan fingerprint density at radius 3 is 3.00 bits per heavy atom. The van der Waals surface area contributed by atoms with Crippen LogP contribution >= 0.6 is 35.1 Å². The number of carbonyl (C=O) groups is 2. The first kappa shape index (κ1) is 20.2. The third-order valence-corrected chi connectivity index (χ3v) is 6.31. The maximum absolute atomic E-state index is 12.9. The third-order valence-electron chi connectivity index (χ3n) is 4.31. The fourth-order valence-electron chi connectivity index (χ4n) is 2.93. The molecule has 2 N–H and O–H groups in total. The van der Waals surface area contributed by atoms with Gasteiger partial charge in [0.2, 0.25) is 5.91 Å². The van der Waals surface area contributed by atoms with Crippen molar-refractivity contribution < 1.29 is 14.0 Å². The SMILES string of the molecule is CSCCC(NC(=O)c1ccco1)C(=O)NC1CCSc2ccc(Cl)cc21. The smallest absolute Gasteiger partial charge is 0.287 e. The molecule has 144 valence electrons. The predicted octanol–water partition coefficient (Wildman–Crippen LogP) is 4.14. The fraction of sp³-hybridized carbons (Fsp3) is 0.368. The van der Waals surface area contributed by atoms with Gasteiger partial charge in [0.25, 0.3) is 5.91 Å². The van der Waals surface area contributed by atoms with Gasteiger partial charge in [-0.1, -0.05) is 11.6 Å². The average Bonchev–Trinajstić information content (AvgIpc) is 3.20. The van der Waals surface area contributed by atoms with Crippen LogP contribution in [0.1, 0.15) is 35.0 Å². The molecule has 5 nitrogen and oxygen atoms in total. The van der Waals surface area contributed by atoms with E-state index in [1.54, 1.807) is 35.7 Å². The number of carbonyl (C=O) groups excluding carboxylic acids is 2. The Bertz CT molecular complexity index is 798. The highest BCUT2D eigenvalue weighted by molar-refractivity contribution is 7.99. The molecule has 8 heteroatoms. The summed E-state index contributed by atoms with van der Waals surface area (Å²) >= 11 is 9.54. The van der Waals surface area contributed by atoms with Crippen LogP contribution in [0, 0.1) is 0 Å². The molecule has 1 aliphatic heterocycles. The maximum atomic E-state index is 12.9. The van der Waals surface area contributed by atoms with E-state index in [0.29, 0.717) is 11.4 Å². The lowest BCUT2D eigenvalue weighted by molar-refractivity contribution is -0.123. The summed E-state index contributed by atoms with van der Waals surface area (Å²) in [6.07, 6.45) is 4.78. The second-order valence-corrected chi connectivity index (χ2v) is 8.72. The first-order valence-electron chi connectivity index (χ1n) is 8.64. The van der Waals surface area contributed by atoms with E-state index in [-0.39, 0.29) is 23.6 Å². The van der Waals surface area contributed by atoms with E-state index < -0.39 is 6.04 Å². The number of benzene rings is 1. The first-order chi connectivity index (χ1) is 13.1. The van der Waals surface area contributed by atoms with Crippen molar-refractivity contribution in [1.29, 1.82) is 0 Å². The Labute approximate surface area is 172 Å². The maximum Gasteiger partial charge on any atom is 0.287 e. The summed E-state index contributed by atoms with van der Waals surface area (Å²) in [4.78, 5) is 26.4. The van der Waals surface area contributed by atoms with Crippen molar-refractivity contribution in [2.24, 2.45) is 0 Å². The Morgan fingerprint density at radius 1 is 1.41 bits per heavy atom. The van der Waals surface area contributed by atoms with Crippen molar-refractivity contribution in [3.63, 3.8) is 0 Å². The van der Waals surface area contributed by atoms with Crippen LogP contribution < -0.4 is 10.6 Å². The van der Waals surface area contributed by atoms with Crippen LogP contribution in [0.15, 0.2) is 45.9 Å². The lowest BCUT2D eigenvalue weighted by Gasteiger charge is -2.28. The quantitative estimate of drug-likeness (QED) is 0.699. The number of furan rings is 1. The van der Waals surface area contributed by atoms with E-state index in [4.69, 9.17) is 16.0 Å². The average molecular weight is 425 g/mol. The van der Waals surface area contributed by atoms with Gasteiger partial charge in [-0.3, -0.25) is 9.59 Å². The van der Waals surface area contributed by atoms with E-state index in [1.165, 1.54) is 6.26 Å². The molecule has 2 unspecified atom stereocenters. The Morgan fingerprint density at radius 2 is 2.26 bits per heavy atom. The lowest BCUT2D eigenvalue weighted by Crippen LogP contribution is -2.48. The number of thioether (sulfide) groups is 2. The molecule has 2 aromatic rings. The molecule has 0 radical (unpaired) electrons. The van der Waals surface area contributed by atoms with Crippen molar-refractivity contribution in [2.75, 3.05) is 17.8 Å². The fourth-order valence-corrected chi connectivity index (χ4v) is 4.69. The van der Waals surface area contributed by atoms with E-state index in [1.807, 2.05) is 24.5 Å². The molecule has 3 rings (SSSR count). The summed E-state index contributed by atoms with van der Waals surface area (Å²) in [5.74, 6) is 1.31. The van der Waals surface area contributed by atoms with Gasteiger partial charge in [-0.2, -0.15) is 11.8 Å². The molecular formula is C19H21ClN2O3S2. The van der Waals surface area contributed by atoms with Gasteiger partial charge in [0, 0.05) is 15.7 Å². The van der Waals surface area contributed by atoms with Gasteiger partial charge >= 0.3 is 0 Å². The predicted molar refractivity (Wildman–Crippen MR) is 111 cm³/mol. The molecule has 2 amide bonds. The first-order valence-corrected chi connectivity index (χ1v) is 11.4. The summed E-state index contributed by atoms with van der Waals surface area (Å²) < 4.78 is 5.12. The molecule has 2 heterocycles. The Hall–Kier alpha value is -1.57. The summed E-state index contributed by atoms with van der Waals surface area (Å²) in [6.45, 7) is 0. The number of rotatable bonds is 7. The molecular weight excluding hydrogens is 404 g/mol.